The van der Waals surface area contributed by atoms with Gasteiger partial charge in [-0.25, -0.2) is 0 Å². The van der Waals surface area contributed by atoms with Crippen LogP contribution in [0.15, 0.2) is 22.7 Å². The molecular formula is C10H8N2OS. The highest BCUT2D eigenvalue weighted by Crippen LogP contribution is 2.27. The van der Waals surface area contributed by atoms with E-state index in [1.807, 2.05) is 19.1 Å². The minimum absolute atomic E-state index is 0.695. The average Bonchev–Trinajstić information content (AvgIpc) is 2.86. The molecule has 0 N–H and O–H groups in total. The van der Waals surface area contributed by atoms with Crippen molar-refractivity contribution < 1.29 is 4.52 Å². The predicted molar refractivity (Wildman–Crippen MR) is 53.9 cm³/mol. The summed E-state index contributed by atoms with van der Waals surface area (Å²) in [6.45, 7) is 2.01. The third-order valence-electron chi connectivity index (χ3n) is 1.88. The first kappa shape index (κ1) is 8.97. The quantitative estimate of drug-likeness (QED) is 0.755. The maximum absolute atomic E-state index is 8.67. The minimum atomic E-state index is 0.695. The van der Waals surface area contributed by atoms with Gasteiger partial charge in [0.2, 0.25) is 0 Å². The van der Waals surface area contributed by atoms with Gasteiger partial charge in [0, 0.05) is 12.5 Å². The van der Waals surface area contributed by atoms with Crippen molar-refractivity contribution >= 4 is 11.3 Å². The van der Waals surface area contributed by atoms with E-state index in [0.717, 1.165) is 22.8 Å². The summed E-state index contributed by atoms with van der Waals surface area (Å²) in [5.74, 6) is 0.868. The van der Waals surface area contributed by atoms with E-state index in [0.29, 0.717) is 4.88 Å². The lowest BCUT2D eigenvalue weighted by Crippen LogP contribution is -1.68. The van der Waals surface area contributed by atoms with E-state index in [4.69, 9.17) is 9.78 Å². The first-order chi connectivity index (χ1) is 6.83. The summed E-state index contributed by atoms with van der Waals surface area (Å²) < 4.78 is 5.08. The Morgan fingerprint density at radius 3 is 3.00 bits per heavy atom. The van der Waals surface area contributed by atoms with Crippen LogP contribution in [0.2, 0.25) is 0 Å². The number of hydrogen-bond donors (Lipinski definition) is 0. The molecule has 2 heterocycles. The zero-order valence-electron chi connectivity index (χ0n) is 7.65. The van der Waals surface area contributed by atoms with Gasteiger partial charge in [0.25, 0.3) is 0 Å². The van der Waals surface area contributed by atoms with Gasteiger partial charge in [-0.05, 0) is 12.1 Å². The molecule has 0 atom stereocenters. The fourth-order valence-electron chi connectivity index (χ4n) is 1.13. The second-order valence-corrected chi connectivity index (χ2v) is 3.89. The van der Waals surface area contributed by atoms with Crippen LogP contribution in [0.5, 0.6) is 0 Å². The van der Waals surface area contributed by atoms with Gasteiger partial charge >= 0.3 is 0 Å². The Bertz CT molecular complexity index is 478. The maximum atomic E-state index is 8.67. The summed E-state index contributed by atoms with van der Waals surface area (Å²) in [4.78, 5) is 1.67. The summed E-state index contributed by atoms with van der Waals surface area (Å²) in [6, 6.07) is 7.69. The lowest BCUT2D eigenvalue weighted by molar-refractivity contribution is 0.389. The average molecular weight is 204 g/mol. The van der Waals surface area contributed by atoms with Crippen molar-refractivity contribution in [2.45, 2.75) is 13.3 Å². The van der Waals surface area contributed by atoms with Crippen molar-refractivity contribution in [2.75, 3.05) is 0 Å². The fraction of sp³-hybridized carbons (Fsp3) is 0.200. The second-order valence-electron chi connectivity index (χ2n) is 2.81. The van der Waals surface area contributed by atoms with Crippen molar-refractivity contribution in [3.05, 3.63) is 28.8 Å². The third-order valence-corrected chi connectivity index (χ3v) is 2.89. The molecule has 0 amide bonds. The Labute approximate surface area is 85.6 Å². The predicted octanol–water partition coefficient (Wildman–Crippen LogP) is 2.84. The van der Waals surface area contributed by atoms with Crippen LogP contribution in [0.4, 0.5) is 0 Å². The van der Waals surface area contributed by atoms with Crippen molar-refractivity contribution in [1.29, 1.82) is 5.26 Å². The third kappa shape index (κ3) is 1.54. The van der Waals surface area contributed by atoms with E-state index < -0.39 is 0 Å². The van der Waals surface area contributed by atoms with Crippen molar-refractivity contribution in [2.24, 2.45) is 0 Å². The van der Waals surface area contributed by atoms with E-state index in [2.05, 4.69) is 11.2 Å². The van der Waals surface area contributed by atoms with Gasteiger partial charge in [-0.15, -0.1) is 11.3 Å². The van der Waals surface area contributed by atoms with Crippen LogP contribution >= 0.6 is 11.3 Å². The molecule has 14 heavy (non-hydrogen) atoms. The summed E-state index contributed by atoms with van der Waals surface area (Å²) >= 11 is 1.43. The van der Waals surface area contributed by atoms with Gasteiger partial charge in [0.05, 0.1) is 4.88 Å². The topological polar surface area (TPSA) is 49.8 Å². The fourth-order valence-corrected chi connectivity index (χ4v) is 1.89. The molecule has 0 spiro atoms. The SMILES string of the molecule is CCc1cc(-c2ccc(C#N)s2)no1. The largest absolute Gasteiger partial charge is 0.361 e. The molecule has 0 aliphatic heterocycles. The van der Waals surface area contributed by atoms with Crippen LogP contribution in [-0.2, 0) is 6.42 Å². The molecule has 70 valence electrons. The molecule has 0 aliphatic rings. The Balaban J connectivity index is 2.35. The Morgan fingerprint density at radius 1 is 1.57 bits per heavy atom. The highest BCUT2D eigenvalue weighted by molar-refractivity contribution is 7.15. The first-order valence-corrected chi connectivity index (χ1v) is 5.11. The zero-order valence-corrected chi connectivity index (χ0v) is 8.47. The van der Waals surface area contributed by atoms with Crippen LogP contribution < -0.4 is 0 Å². The lowest BCUT2D eigenvalue weighted by Gasteiger charge is -1.83. The van der Waals surface area contributed by atoms with Gasteiger partial charge < -0.3 is 4.52 Å². The number of hydrogen-bond acceptors (Lipinski definition) is 4. The van der Waals surface area contributed by atoms with Crippen LogP contribution in [0.1, 0.15) is 17.6 Å². The van der Waals surface area contributed by atoms with Gasteiger partial charge in [-0.2, -0.15) is 5.26 Å². The number of nitrogens with zero attached hydrogens (tertiary/aromatic N) is 2. The van der Waals surface area contributed by atoms with Crippen LogP contribution in [0.25, 0.3) is 10.6 Å². The monoisotopic (exact) mass is 204 g/mol. The molecule has 2 aromatic heterocycles. The molecule has 0 saturated carbocycles. The van der Waals surface area contributed by atoms with Crippen LogP contribution in [0, 0.1) is 11.3 Å². The van der Waals surface area contributed by atoms with E-state index in [1.165, 1.54) is 11.3 Å². The number of thiophene rings is 1. The molecule has 0 aromatic carbocycles. The molecule has 0 bridgehead atoms. The summed E-state index contributed by atoms with van der Waals surface area (Å²) in [5, 5.41) is 12.6. The molecule has 4 heteroatoms. The highest BCUT2D eigenvalue weighted by atomic mass is 32.1. The number of aromatic nitrogens is 1. The van der Waals surface area contributed by atoms with Crippen molar-refractivity contribution in [3.8, 4) is 16.6 Å². The molecular weight excluding hydrogens is 196 g/mol. The number of nitriles is 1. The summed E-state index contributed by atoms with van der Waals surface area (Å²) in [6.07, 6.45) is 0.837. The van der Waals surface area contributed by atoms with Crippen LogP contribution in [-0.4, -0.2) is 5.16 Å². The van der Waals surface area contributed by atoms with E-state index in [9.17, 15) is 0 Å². The molecule has 0 aliphatic carbocycles. The smallest absolute Gasteiger partial charge is 0.137 e. The summed E-state index contributed by atoms with van der Waals surface area (Å²) in [7, 11) is 0. The zero-order chi connectivity index (χ0) is 9.97. The summed E-state index contributed by atoms with van der Waals surface area (Å²) in [5.41, 5.74) is 0.813. The number of aryl methyl sites for hydroxylation is 1. The first-order valence-electron chi connectivity index (χ1n) is 4.29. The van der Waals surface area contributed by atoms with Gasteiger partial charge in [-0.1, -0.05) is 12.1 Å². The molecule has 0 radical (unpaired) electrons. The standard InChI is InChI=1S/C10H8N2OS/c1-2-7-5-9(12-13-7)10-4-3-8(6-11)14-10/h3-5H,2H2,1H3. The van der Waals surface area contributed by atoms with Gasteiger partial charge in [0.15, 0.2) is 0 Å². The van der Waals surface area contributed by atoms with Crippen molar-refractivity contribution in [3.63, 3.8) is 0 Å². The maximum Gasteiger partial charge on any atom is 0.137 e. The van der Waals surface area contributed by atoms with Crippen LogP contribution in [0.3, 0.4) is 0 Å². The normalized spacial score (nSPS) is 10.0. The van der Waals surface area contributed by atoms with E-state index in [1.54, 1.807) is 6.07 Å². The highest BCUT2D eigenvalue weighted by Gasteiger charge is 2.07. The van der Waals surface area contributed by atoms with Gasteiger partial charge in [0.1, 0.15) is 22.4 Å². The van der Waals surface area contributed by atoms with Crippen molar-refractivity contribution in [1.82, 2.24) is 5.16 Å². The molecule has 0 saturated heterocycles. The molecule has 2 aromatic rings. The number of rotatable bonds is 2. The molecule has 0 unspecified atom stereocenters. The Hall–Kier alpha value is -1.60. The molecule has 3 nitrogen and oxygen atoms in total. The molecule has 0 fully saturated rings. The van der Waals surface area contributed by atoms with E-state index in [-0.39, 0.29) is 0 Å². The van der Waals surface area contributed by atoms with Gasteiger partial charge in [-0.3, -0.25) is 0 Å². The lowest BCUT2D eigenvalue weighted by atomic mass is 10.3. The second kappa shape index (κ2) is 3.64. The molecule has 2 rings (SSSR count). The Morgan fingerprint density at radius 2 is 2.43 bits per heavy atom. The van der Waals surface area contributed by atoms with E-state index >= 15 is 0 Å². The Kier molecular flexibility index (Phi) is 2.33. The minimum Gasteiger partial charge on any atom is -0.361 e.